The number of hydrogen-bond acceptors (Lipinski definition) is 5. The zero-order valence-electron chi connectivity index (χ0n) is 17.5. The molecule has 2 heterocycles. The number of carbonyl (C=O) groups is 2. The van der Waals surface area contributed by atoms with Crippen LogP contribution in [0.5, 0.6) is 0 Å². The maximum absolute atomic E-state index is 13.8. The fraction of sp³-hybridized carbons (Fsp3) is 0.455. The highest BCUT2D eigenvalue weighted by Crippen LogP contribution is 2.36. The lowest BCUT2D eigenvalue weighted by Crippen LogP contribution is -2.46. The molecule has 168 valence electrons. The van der Waals surface area contributed by atoms with Crippen molar-refractivity contribution in [2.24, 2.45) is 11.7 Å². The molecule has 0 bridgehead atoms. The summed E-state index contributed by atoms with van der Waals surface area (Å²) in [6, 6.07) is 7.34. The molecule has 3 N–H and O–H groups in total. The molecule has 0 radical (unpaired) electrons. The van der Waals surface area contributed by atoms with Crippen LogP contribution in [-0.4, -0.2) is 39.6 Å². The molecule has 2 aliphatic rings. The number of anilines is 1. The third-order valence-corrected chi connectivity index (χ3v) is 6.88. The molecule has 10 heteroatoms. The molecule has 0 spiro atoms. The lowest BCUT2D eigenvalue weighted by molar-refractivity contribution is -0.117. The Bertz CT molecular complexity index is 1080. The monoisotopic (exact) mass is 502 g/mol. The summed E-state index contributed by atoms with van der Waals surface area (Å²) >= 11 is 3.17. The molecule has 1 saturated heterocycles. The number of nitrogens with two attached hydrogens (primary N) is 1. The van der Waals surface area contributed by atoms with Gasteiger partial charge in [-0.1, -0.05) is 6.07 Å². The van der Waals surface area contributed by atoms with Gasteiger partial charge < -0.3 is 11.1 Å². The molecule has 2 aromatic rings. The normalized spacial score (nSPS) is 18.2. The van der Waals surface area contributed by atoms with Gasteiger partial charge in [0.2, 0.25) is 5.91 Å². The lowest BCUT2D eigenvalue weighted by atomic mass is 9.84. The van der Waals surface area contributed by atoms with E-state index in [4.69, 9.17) is 5.73 Å². The Balaban J connectivity index is 1.51. The third kappa shape index (κ3) is 4.69. The van der Waals surface area contributed by atoms with E-state index in [9.17, 15) is 19.2 Å². The molecule has 32 heavy (non-hydrogen) atoms. The average molecular weight is 503 g/mol. The van der Waals surface area contributed by atoms with Gasteiger partial charge in [0.05, 0.1) is 22.5 Å². The molecule has 1 aromatic carbocycles. The van der Waals surface area contributed by atoms with Crippen molar-refractivity contribution < 1.29 is 14.0 Å². The Morgan fingerprint density at radius 3 is 2.66 bits per heavy atom. The Morgan fingerprint density at radius 2 is 2.06 bits per heavy atom. The van der Waals surface area contributed by atoms with Crippen LogP contribution >= 0.6 is 15.9 Å². The van der Waals surface area contributed by atoms with E-state index in [1.165, 1.54) is 6.07 Å². The largest absolute Gasteiger partial charge is 0.365 e. The minimum Gasteiger partial charge on any atom is -0.365 e. The van der Waals surface area contributed by atoms with Crippen LogP contribution in [-0.2, 0) is 16.9 Å². The standard InChI is InChI=1S/C22H24BrFN6O2/c23-17-4-1-14(11-18(17)24)12-29-9-6-22(5-8-25,7-10-29)30-13-16(19(26)31)20(28-30)27-21(32)15-2-3-15/h1,4,11,13,15H,2-3,5-7,9-10,12H2,(H2,26,31)(H,27,28,32). The fourth-order valence-corrected chi connectivity index (χ4v) is 4.36. The summed E-state index contributed by atoms with van der Waals surface area (Å²) < 4.78 is 15.9. The molecule has 1 saturated carbocycles. The number of primary amides is 1. The van der Waals surface area contributed by atoms with Crippen molar-refractivity contribution in [3.8, 4) is 6.07 Å². The highest BCUT2D eigenvalue weighted by Gasteiger charge is 2.39. The third-order valence-electron chi connectivity index (χ3n) is 6.24. The molecule has 8 nitrogen and oxygen atoms in total. The van der Waals surface area contributed by atoms with E-state index in [0.29, 0.717) is 36.9 Å². The highest BCUT2D eigenvalue weighted by atomic mass is 79.9. The van der Waals surface area contributed by atoms with E-state index in [2.05, 4.69) is 37.3 Å². The van der Waals surface area contributed by atoms with Gasteiger partial charge in [-0.3, -0.25) is 19.2 Å². The van der Waals surface area contributed by atoms with Crippen molar-refractivity contribution in [1.82, 2.24) is 14.7 Å². The topological polar surface area (TPSA) is 117 Å². The molecule has 1 aromatic heterocycles. The molecule has 1 aliphatic carbocycles. The molecular formula is C22H24BrFN6O2. The van der Waals surface area contributed by atoms with E-state index in [1.54, 1.807) is 16.9 Å². The zero-order valence-corrected chi connectivity index (χ0v) is 19.1. The van der Waals surface area contributed by atoms with Crippen molar-refractivity contribution in [2.75, 3.05) is 18.4 Å². The number of carbonyl (C=O) groups excluding carboxylic acids is 2. The van der Waals surface area contributed by atoms with E-state index in [0.717, 1.165) is 18.4 Å². The van der Waals surface area contributed by atoms with E-state index < -0.39 is 11.4 Å². The minimum atomic E-state index is -0.677. The van der Waals surface area contributed by atoms with Crippen LogP contribution < -0.4 is 11.1 Å². The predicted molar refractivity (Wildman–Crippen MR) is 119 cm³/mol. The fourth-order valence-electron chi connectivity index (χ4n) is 4.11. The first-order chi connectivity index (χ1) is 15.3. The van der Waals surface area contributed by atoms with E-state index in [-0.39, 0.29) is 35.4 Å². The van der Waals surface area contributed by atoms with Crippen LogP contribution in [0.2, 0.25) is 0 Å². The maximum atomic E-state index is 13.8. The minimum absolute atomic E-state index is 0.0411. The van der Waals surface area contributed by atoms with E-state index in [1.807, 2.05) is 6.07 Å². The van der Waals surface area contributed by atoms with Gasteiger partial charge in [0.25, 0.3) is 5.91 Å². The van der Waals surface area contributed by atoms with Crippen LogP contribution in [0.25, 0.3) is 0 Å². The SMILES string of the molecule is N#CCC1(n2cc(C(N)=O)c(NC(=O)C3CC3)n2)CCN(Cc2ccc(Br)c(F)c2)CC1. The van der Waals surface area contributed by atoms with Gasteiger partial charge in [-0.25, -0.2) is 4.39 Å². The first kappa shape index (κ1) is 22.4. The van der Waals surface area contributed by atoms with Gasteiger partial charge in [0, 0.05) is 31.7 Å². The summed E-state index contributed by atoms with van der Waals surface area (Å²) in [5, 5.41) is 16.7. The van der Waals surface area contributed by atoms with E-state index >= 15 is 0 Å². The Labute approximate surface area is 193 Å². The molecule has 4 rings (SSSR count). The molecule has 0 atom stereocenters. The summed E-state index contributed by atoms with van der Waals surface area (Å²) in [5.74, 6) is -1.03. The van der Waals surface area contributed by atoms with Gasteiger partial charge in [-0.15, -0.1) is 0 Å². The lowest BCUT2D eigenvalue weighted by Gasteiger charge is -2.40. The highest BCUT2D eigenvalue weighted by molar-refractivity contribution is 9.10. The van der Waals surface area contributed by atoms with Crippen molar-refractivity contribution in [3.05, 3.63) is 45.8 Å². The molecule has 0 unspecified atom stereocenters. The van der Waals surface area contributed by atoms with Crippen molar-refractivity contribution in [3.63, 3.8) is 0 Å². The van der Waals surface area contributed by atoms with Crippen molar-refractivity contribution in [1.29, 1.82) is 5.26 Å². The number of nitrogens with zero attached hydrogens (tertiary/aromatic N) is 4. The second-order valence-corrected chi connectivity index (χ2v) is 9.40. The predicted octanol–water partition coefficient (Wildman–Crippen LogP) is 3.14. The second kappa shape index (κ2) is 9.00. The first-order valence-corrected chi connectivity index (χ1v) is 11.3. The number of hydrogen-bond donors (Lipinski definition) is 2. The van der Waals surface area contributed by atoms with Crippen LogP contribution in [0, 0.1) is 23.1 Å². The summed E-state index contributed by atoms with van der Waals surface area (Å²) in [4.78, 5) is 26.4. The molecule has 2 fully saturated rings. The van der Waals surface area contributed by atoms with Gasteiger partial charge in [0.1, 0.15) is 11.4 Å². The Kier molecular flexibility index (Phi) is 6.31. The number of aromatic nitrogens is 2. The molecule has 2 amide bonds. The van der Waals surface area contributed by atoms with Gasteiger partial charge in [0.15, 0.2) is 5.82 Å². The number of rotatable bonds is 7. The zero-order chi connectivity index (χ0) is 22.9. The van der Waals surface area contributed by atoms with Gasteiger partial charge >= 0.3 is 0 Å². The Morgan fingerprint density at radius 1 is 1.34 bits per heavy atom. The molecule has 1 aliphatic heterocycles. The van der Waals surface area contributed by atoms with Crippen molar-refractivity contribution in [2.45, 2.75) is 44.2 Å². The number of halogens is 2. The van der Waals surface area contributed by atoms with Crippen LogP contribution in [0.4, 0.5) is 10.2 Å². The summed E-state index contributed by atoms with van der Waals surface area (Å²) in [6.07, 6.45) is 4.65. The van der Waals surface area contributed by atoms with Gasteiger partial charge in [-0.2, -0.15) is 10.4 Å². The maximum Gasteiger partial charge on any atom is 0.254 e. The number of nitrogens with one attached hydrogen (secondary N) is 1. The average Bonchev–Trinajstić information content (AvgIpc) is 3.52. The summed E-state index contributed by atoms with van der Waals surface area (Å²) in [5.41, 5.74) is 5.93. The number of benzene rings is 1. The van der Waals surface area contributed by atoms with Crippen LogP contribution in [0.1, 0.15) is 48.0 Å². The summed E-state index contributed by atoms with van der Waals surface area (Å²) in [7, 11) is 0. The van der Waals surface area contributed by atoms with Crippen LogP contribution in [0.15, 0.2) is 28.9 Å². The number of piperidine rings is 1. The number of likely N-dealkylation sites (tertiary alicyclic amines) is 1. The Hall–Kier alpha value is -2.77. The summed E-state index contributed by atoms with van der Waals surface area (Å²) in [6.45, 7) is 1.95. The number of nitriles is 1. The molecular weight excluding hydrogens is 479 g/mol. The second-order valence-electron chi connectivity index (χ2n) is 8.55. The first-order valence-electron chi connectivity index (χ1n) is 10.6. The smallest absolute Gasteiger partial charge is 0.254 e. The van der Waals surface area contributed by atoms with Crippen LogP contribution in [0.3, 0.4) is 0 Å². The quantitative estimate of drug-likeness (QED) is 0.602. The van der Waals surface area contributed by atoms with Crippen molar-refractivity contribution >= 4 is 33.6 Å². The van der Waals surface area contributed by atoms with Gasteiger partial charge in [-0.05, 0) is 59.3 Å². The number of amides is 2.